The predicted octanol–water partition coefficient (Wildman–Crippen LogP) is 3.93. The maximum absolute atomic E-state index is 5.72. The number of rotatable bonds is 2. The molecule has 0 atom stereocenters. The van der Waals surface area contributed by atoms with E-state index in [0.717, 1.165) is 12.1 Å². The van der Waals surface area contributed by atoms with Gasteiger partial charge in [0, 0.05) is 22.4 Å². The second-order valence-electron chi connectivity index (χ2n) is 6.04. The van der Waals surface area contributed by atoms with E-state index in [4.69, 9.17) is 10.7 Å². The summed E-state index contributed by atoms with van der Waals surface area (Å²) < 4.78 is 0. The zero-order valence-corrected chi connectivity index (χ0v) is 12.4. The molecule has 1 aromatic heterocycles. The third-order valence-electron chi connectivity index (χ3n) is 3.92. The highest BCUT2D eigenvalue weighted by molar-refractivity contribution is 7.11. The van der Waals surface area contributed by atoms with Gasteiger partial charge in [-0.05, 0) is 37.0 Å². The molecular weight excluding hydrogens is 252 g/mol. The van der Waals surface area contributed by atoms with E-state index >= 15 is 0 Å². The standard InChI is InChI=1S/C16H20N2S/c1-16(2)9-3-4-13-15(16)18-14(19-13)10-11-5-7-12(17)8-6-11/h5-8H,3-4,9-10,17H2,1-2H3. The number of anilines is 1. The first-order valence-corrected chi connectivity index (χ1v) is 7.70. The minimum Gasteiger partial charge on any atom is -0.399 e. The molecule has 1 aromatic carbocycles. The van der Waals surface area contributed by atoms with Crippen molar-refractivity contribution < 1.29 is 0 Å². The summed E-state index contributed by atoms with van der Waals surface area (Å²) in [6, 6.07) is 8.13. The molecule has 1 heterocycles. The van der Waals surface area contributed by atoms with Gasteiger partial charge in [-0.2, -0.15) is 0 Å². The summed E-state index contributed by atoms with van der Waals surface area (Å²) in [6.07, 6.45) is 4.68. The Labute approximate surface area is 118 Å². The smallest absolute Gasteiger partial charge is 0.0975 e. The fraction of sp³-hybridized carbons (Fsp3) is 0.438. The Kier molecular flexibility index (Phi) is 3.09. The zero-order chi connectivity index (χ0) is 13.5. The SMILES string of the molecule is CC1(C)CCCc2sc(Cc3ccc(N)cc3)nc21. The Morgan fingerprint density at radius 2 is 2.00 bits per heavy atom. The van der Waals surface area contributed by atoms with Crippen molar-refractivity contribution in [3.05, 3.63) is 45.4 Å². The van der Waals surface area contributed by atoms with Crippen LogP contribution >= 0.6 is 11.3 Å². The maximum Gasteiger partial charge on any atom is 0.0975 e. The number of fused-ring (bicyclic) bond motifs is 1. The van der Waals surface area contributed by atoms with Gasteiger partial charge in [0.25, 0.3) is 0 Å². The van der Waals surface area contributed by atoms with E-state index in [-0.39, 0.29) is 5.41 Å². The number of nitrogens with two attached hydrogens (primary N) is 1. The van der Waals surface area contributed by atoms with Crippen LogP contribution in [0.1, 0.15) is 47.8 Å². The molecule has 2 nitrogen and oxygen atoms in total. The first kappa shape index (κ1) is 12.7. The second-order valence-corrected chi connectivity index (χ2v) is 7.20. The quantitative estimate of drug-likeness (QED) is 0.841. The van der Waals surface area contributed by atoms with E-state index in [1.165, 1.54) is 40.4 Å². The van der Waals surface area contributed by atoms with Gasteiger partial charge in [-0.1, -0.05) is 26.0 Å². The van der Waals surface area contributed by atoms with Gasteiger partial charge in [0.05, 0.1) is 10.7 Å². The van der Waals surface area contributed by atoms with Crippen molar-refractivity contribution in [3.8, 4) is 0 Å². The number of hydrogen-bond donors (Lipinski definition) is 1. The maximum atomic E-state index is 5.72. The Morgan fingerprint density at radius 3 is 2.68 bits per heavy atom. The third-order valence-corrected chi connectivity index (χ3v) is 5.04. The molecular formula is C16H20N2S. The first-order valence-electron chi connectivity index (χ1n) is 6.88. The molecule has 2 aromatic rings. The van der Waals surface area contributed by atoms with E-state index in [1.807, 2.05) is 23.5 Å². The lowest BCUT2D eigenvalue weighted by molar-refractivity contribution is 0.423. The average Bonchev–Trinajstić information content (AvgIpc) is 2.76. The van der Waals surface area contributed by atoms with Crippen LogP contribution in [0.25, 0.3) is 0 Å². The van der Waals surface area contributed by atoms with Gasteiger partial charge in [-0.15, -0.1) is 11.3 Å². The number of benzene rings is 1. The summed E-state index contributed by atoms with van der Waals surface area (Å²) in [5.41, 5.74) is 9.43. The number of thiazole rings is 1. The van der Waals surface area contributed by atoms with Crippen molar-refractivity contribution in [2.24, 2.45) is 0 Å². The summed E-state index contributed by atoms with van der Waals surface area (Å²) in [5, 5.41) is 1.24. The largest absolute Gasteiger partial charge is 0.399 e. The van der Waals surface area contributed by atoms with Crippen LogP contribution in [0, 0.1) is 0 Å². The summed E-state index contributed by atoms with van der Waals surface area (Å²) >= 11 is 1.89. The van der Waals surface area contributed by atoms with Crippen molar-refractivity contribution in [1.82, 2.24) is 4.98 Å². The summed E-state index contributed by atoms with van der Waals surface area (Å²) in [5.74, 6) is 0. The number of nitrogen functional groups attached to an aromatic ring is 1. The zero-order valence-electron chi connectivity index (χ0n) is 11.6. The molecule has 0 saturated heterocycles. The van der Waals surface area contributed by atoms with Gasteiger partial charge >= 0.3 is 0 Å². The van der Waals surface area contributed by atoms with Crippen LogP contribution in [0.5, 0.6) is 0 Å². The summed E-state index contributed by atoms with van der Waals surface area (Å²) in [6.45, 7) is 4.63. The molecule has 0 radical (unpaired) electrons. The average molecular weight is 272 g/mol. The molecule has 0 unspecified atom stereocenters. The van der Waals surface area contributed by atoms with E-state index in [2.05, 4.69) is 26.0 Å². The molecule has 100 valence electrons. The Morgan fingerprint density at radius 1 is 1.26 bits per heavy atom. The molecule has 0 amide bonds. The highest BCUT2D eigenvalue weighted by atomic mass is 32.1. The third kappa shape index (κ3) is 2.52. The molecule has 0 fully saturated rings. The lowest BCUT2D eigenvalue weighted by Crippen LogP contribution is -2.23. The van der Waals surface area contributed by atoms with Crippen molar-refractivity contribution in [2.75, 3.05) is 5.73 Å². The molecule has 1 aliphatic carbocycles. The van der Waals surface area contributed by atoms with Gasteiger partial charge < -0.3 is 5.73 Å². The molecule has 3 heteroatoms. The van der Waals surface area contributed by atoms with Crippen LogP contribution in [0.3, 0.4) is 0 Å². The van der Waals surface area contributed by atoms with Crippen LogP contribution < -0.4 is 5.73 Å². The van der Waals surface area contributed by atoms with Crippen molar-refractivity contribution in [1.29, 1.82) is 0 Å². The van der Waals surface area contributed by atoms with Gasteiger partial charge in [0.2, 0.25) is 0 Å². The fourth-order valence-electron chi connectivity index (χ4n) is 2.79. The topological polar surface area (TPSA) is 38.9 Å². The molecule has 19 heavy (non-hydrogen) atoms. The molecule has 0 aliphatic heterocycles. The van der Waals surface area contributed by atoms with Crippen LogP contribution in [0.4, 0.5) is 5.69 Å². The van der Waals surface area contributed by atoms with Crippen LogP contribution in [0.2, 0.25) is 0 Å². The highest BCUT2D eigenvalue weighted by Gasteiger charge is 2.30. The fourth-order valence-corrected chi connectivity index (χ4v) is 4.12. The minimum absolute atomic E-state index is 0.253. The van der Waals surface area contributed by atoms with Gasteiger partial charge in [0.15, 0.2) is 0 Å². The van der Waals surface area contributed by atoms with Crippen LogP contribution in [0.15, 0.2) is 24.3 Å². The second kappa shape index (κ2) is 4.64. The summed E-state index contributed by atoms with van der Waals surface area (Å²) in [4.78, 5) is 6.41. The van der Waals surface area contributed by atoms with E-state index in [9.17, 15) is 0 Å². The predicted molar refractivity (Wildman–Crippen MR) is 81.7 cm³/mol. The summed E-state index contributed by atoms with van der Waals surface area (Å²) in [7, 11) is 0. The molecule has 0 spiro atoms. The van der Waals surface area contributed by atoms with Crippen molar-refractivity contribution in [2.45, 2.75) is 44.9 Å². The van der Waals surface area contributed by atoms with Gasteiger partial charge in [-0.25, -0.2) is 4.98 Å². The number of aromatic nitrogens is 1. The number of nitrogens with zero attached hydrogens (tertiary/aromatic N) is 1. The monoisotopic (exact) mass is 272 g/mol. The molecule has 0 bridgehead atoms. The molecule has 0 saturated carbocycles. The normalized spacial score (nSPS) is 17.2. The lowest BCUT2D eigenvalue weighted by atomic mass is 9.79. The Balaban J connectivity index is 1.87. The first-order chi connectivity index (χ1) is 9.04. The van der Waals surface area contributed by atoms with Crippen LogP contribution in [-0.2, 0) is 18.3 Å². The lowest BCUT2D eigenvalue weighted by Gasteiger charge is -2.28. The van der Waals surface area contributed by atoms with E-state index in [0.29, 0.717) is 0 Å². The Bertz CT molecular complexity index is 581. The van der Waals surface area contributed by atoms with Gasteiger partial charge in [-0.3, -0.25) is 0 Å². The van der Waals surface area contributed by atoms with Crippen LogP contribution in [-0.4, -0.2) is 4.98 Å². The van der Waals surface area contributed by atoms with E-state index < -0.39 is 0 Å². The molecule has 1 aliphatic rings. The Hall–Kier alpha value is -1.35. The molecule has 3 rings (SSSR count). The molecule has 2 N–H and O–H groups in total. The number of aryl methyl sites for hydroxylation is 1. The van der Waals surface area contributed by atoms with E-state index in [1.54, 1.807) is 0 Å². The number of hydrogen-bond acceptors (Lipinski definition) is 3. The van der Waals surface area contributed by atoms with Crippen molar-refractivity contribution in [3.63, 3.8) is 0 Å². The minimum atomic E-state index is 0.253. The highest BCUT2D eigenvalue weighted by Crippen LogP contribution is 2.39. The van der Waals surface area contributed by atoms with Crippen molar-refractivity contribution >= 4 is 17.0 Å². The van der Waals surface area contributed by atoms with Gasteiger partial charge in [0.1, 0.15) is 0 Å².